The molecule has 1 heterocycles. The van der Waals surface area contributed by atoms with Gasteiger partial charge >= 0.3 is 0 Å². The zero-order valence-electron chi connectivity index (χ0n) is 14.1. The fourth-order valence-electron chi connectivity index (χ4n) is 2.21. The lowest BCUT2D eigenvalue weighted by molar-refractivity contribution is 0.0955. The first-order valence-electron chi connectivity index (χ1n) is 8.02. The van der Waals surface area contributed by atoms with Crippen LogP contribution in [0.4, 0.5) is 0 Å². The minimum atomic E-state index is -0.301. The third kappa shape index (κ3) is 5.29. The fourth-order valence-corrected chi connectivity index (χ4v) is 2.72. The third-order valence-corrected chi connectivity index (χ3v) is 4.36. The van der Waals surface area contributed by atoms with Gasteiger partial charge in [-0.25, -0.2) is 5.43 Å². The Balaban J connectivity index is 1.55. The first kappa shape index (κ1) is 18.9. The topological polar surface area (TPSA) is 63.6 Å². The number of nitrogens with zero attached hydrogens (tertiary/aromatic N) is 2. The van der Waals surface area contributed by atoms with E-state index in [4.69, 9.17) is 27.9 Å². The third-order valence-electron chi connectivity index (χ3n) is 3.65. The Hall–Kier alpha value is -2.89. The summed E-state index contributed by atoms with van der Waals surface area (Å²) in [5.74, 6) is 0.370. The zero-order chi connectivity index (χ0) is 19.1. The van der Waals surface area contributed by atoms with E-state index in [0.717, 1.165) is 11.1 Å². The van der Waals surface area contributed by atoms with E-state index in [1.807, 2.05) is 12.1 Å². The van der Waals surface area contributed by atoms with Gasteiger partial charge in [0, 0.05) is 33.6 Å². The number of pyridine rings is 1. The van der Waals surface area contributed by atoms with Gasteiger partial charge in [-0.05, 0) is 54.1 Å². The van der Waals surface area contributed by atoms with Crippen molar-refractivity contribution >= 4 is 35.3 Å². The van der Waals surface area contributed by atoms with Crippen LogP contribution in [0.25, 0.3) is 0 Å². The molecule has 27 heavy (non-hydrogen) atoms. The quantitative estimate of drug-likeness (QED) is 0.481. The van der Waals surface area contributed by atoms with Gasteiger partial charge in [-0.15, -0.1) is 0 Å². The smallest absolute Gasteiger partial charge is 0.271 e. The van der Waals surface area contributed by atoms with Crippen LogP contribution < -0.4 is 10.2 Å². The average Bonchev–Trinajstić information content (AvgIpc) is 2.69. The molecule has 7 heteroatoms. The van der Waals surface area contributed by atoms with E-state index < -0.39 is 0 Å². The standard InChI is InChI=1S/C20H15Cl2N3O2/c21-18-2-1-3-19(22)17(18)13-27-16-6-4-14(5-7-16)12-24-25-20(26)15-8-10-23-11-9-15/h1-12H,13H2,(H,25,26). The molecule has 3 aromatic rings. The first-order chi connectivity index (χ1) is 13.1. The molecule has 0 aliphatic carbocycles. The van der Waals surface area contributed by atoms with Crippen molar-refractivity contribution in [1.29, 1.82) is 0 Å². The molecule has 0 aliphatic heterocycles. The molecular formula is C20H15Cl2N3O2. The summed E-state index contributed by atoms with van der Waals surface area (Å²) < 4.78 is 5.72. The van der Waals surface area contributed by atoms with Crippen molar-refractivity contribution in [2.24, 2.45) is 5.10 Å². The number of hydrazone groups is 1. The number of amides is 1. The molecule has 0 saturated heterocycles. The van der Waals surface area contributed by atoms with Gasteiger partial charge < -0.3 is 4.74 Å². The molecule has 0 radical (unpaired) electrons. The highest BCUT2D eigenvalue weighted by Gasteiger charge is 2.06. The van der Waals surface area contributed by atoms with E-state index in [2.05, 4.69) is 15.5 Å². The minimum absolute atomic E-state index is 0.272. The molecule has 5 nitrogen and oxygen atoms in total. The van der Waals surface area contributed by atoms with Gasteiger partial charge in [0.15, 0.2) is 0 Å². The normalized spacial score (nSPS) is 10.7. The highest BCUT2D eigenvalue weighted by molar-refractivity contribution is 6.35. The van der Waals surface area contributed by atoms with Crippen molar-refractivity contribution in [3.05, 3.63) is 93.7 Å². The fraction of sp³-hybridized carbons (Fsp3) is 0.0500. The van der Waals surface area contributed by atoms with Crippen LogP contribution in [-0.4, -0.2) is 17.1 Å². The molecule has 3 rings (SSSR count). The van der Waals surface area contributed by atoms with E-state index in [1.54, 1.807) is 61.1 Å². The van der Waals surface area contributed by atoms with Crippen molar-refractivity contribution in [3.8, 4) is 5.75 Å². The molecule has 0 aliphatic rings. The summed E-state index contributed by atoms with van der Waals surface area (Å²) in [6.45, 7) is 0.272. The SMILES string of the molecule is O=C(NN=Cc1ccc(OCc2c(Cl)cccc2Cl)cc1)c1ccncc1. The molecule has 1 aromatic heterocycles. The molecule has 0 spiro atoms. The summed E-state index contributed by atoms with van der Waals surface area (Å²) in [6, 6.07) is 15.8. The Morgan fingerprint density at radius 2 is 1.70 bits per heavy atom. The largest absolute Gasteiger partial charge is 0.489 e. The van der Waals surface area contributed by atoms with Crippen molar-refractivity contribution in [3.63, 3.8) is 0 Å². The molecule has 136 valence electrons. The van der Waals surface area contributed by atoms with Crippen LogP contribution in [0.3, 0.4) is 0 Å². The number of nitrogens with one attached hydrogen (secondary N) is 1. The van der Waals surface area contributed by atoms with Gasteiger partial charge in [0.25, 0.3) is 5.91 Å². The molecule has 1 amide bonds. The summed E-state index contributed by atoms with van der Waals surface area (Å²) >= 11 is 12.3. The molecule has 0 atom stereocenters. The average molecular weight is 400 g/mol. The number of benzene rings is 2. The van der Waals surface area contributed by atoms with Crippen LogP contribution in [0.15, 0.2) is 72.1 Å². The van der Waals surface area contributed by atoms with Crippen LogP contribution in [-0.2, 0) is 6.61 Å². The lowest BCUT2D eigenvalue weighted by atomic mass is 10.2. The van der Waals surface area contributed by atoms with E-state index >= 15 is 0 Å². The maximum absolute atomic E-state index is 11.9. The van der Waals surface area contributed by atoms with Crippen LogP contribution in [0, 0.1) is 0 Å². The van der Waals surface area contributed by atoms with Gasteiger partial charge in [-0.3, -0.25) is 9.78 Å². The molecule has 0 unspecified atom stereocenters. The van der Waals surface area contributed by atoms with Crippen LogP contribution in [0.5, 0.6) is 5.75 Å². The zero-order valence-corrected chi connectivity index (χ0v) is 15.6. The van der Waals surface area contributed by atoms with Crippen molar-refractivity contribution in [1.82, 2.24) is 10.4 Å². The van der Waals surface area contributed by atoms with Crippen LogP contribution in [0.2, 0.25) is 10.0 Å². The Bertz CT molecular complexity index is 925. The number of hydrogen-bond acceptors (Lipinski definition) is 4. The minimum Gasteiger partial charge on any atom is -0.489 e. The first-order valence-corrected chi connectivity index (χ1v) is 8.78. The lowest BCUT2D eigenvalue weighted by Gasteiger charge is -2.09. The second kappa shape index (κ2) is 9.16. The van der Waals surface area contributed by atoms with Gasteiger partial charge in [0.1, 0.15) is 12.4 Å². The number of rotatable bonds is 6. The maximum atomic E-state index is 11.9. The van der Waals surface area contributed by atoms with Gasteiger partial charge in [-0.1, -0.05) is 29.3 Å². The van der Waals surface area contributed by atoms with Crippen molar-refractivity contribution in [2.75, 3.05) is 0 Å². The van der Waals surface area contributed by atoms with Crippen molar-refractivity contribution in [2.45, 2.75) is 6.61 Å². The highest BCUT2D eigenvalue weighted by Crippen LogP contribution is 2.25. The lowest BCUT2D eigenvalue weighted by Crippen LogP contribution is -2.17. The Morgan fingerprint density at radius 3 is 2.37 bits per heavy atom. The Kier molecular flexibility index (Phi) is 6.41. The monoisotopic (exact) mass is 399 g/mol. The predicted molar refractivity (Wildman–Crippen MR) is 107 cm³/mol. The summed E-state index contributed by atoms with van der Waals surface area (Å²) in [6.07, 6.45) is 4.65. The summed E-state index contributed by atoms with van der Waals surface area (Å²) in [5.41, 5.74) is 4.51. The number of hydrogen-bond donors (Lipinski definition) is 1. The number of carbonyl (C=O) groups excluding carboxylic acids is 1. The number of ether oxygens (including phenoxy) is 1. The van der Waals surface area contributed by atoms with E-state index in [9.17, 15) is 4.79 Å². The van der Waals surface area contributed by atoms with Crippen molar-refractivity contribution < 1.29 is 9.53 Å². The van der Waals surface area contributed by atoms with Gasteiger partial charge in [-0.2, -0.15) is 5.10 Å². The maximum Gasteiger partial charge on any atom is 0.271 e. The molecular weight excluding hydrogens is 385 g/mol. The molecule has 2 aromatic carbocycles. The summed E-state index contributed by atoms with van der Waals surface area (Å²) in [5, 5.41) is 5.08. The van der Waals surface area contributed by atoms with Gasteiger partial charge in [0.2, 0.25) is 0 Å². The number of halogens is 2. The Labute approximate surface area is 166 Å². The Morgan fingerprint density at radius 1 is 1.04 bits per heavy atom. The molecule has 0 bridgehead atoms. The number of carbonyl (C=O) groups is 1. The van der Waals surface area contributed by atoms with E-state index in [-0.39, 0.29) is 12.5 Å². The summed E-state index contributed by atoms with van der Waals surface area (Å²) in [7, 11) is 0. The summed E-state index contributed by atoms with van der Waals surface area (Å²) in [4.78, 5) is 15.7. The van der Waals surface area contributed by atoms with Gasteiger partial charge in [0.05, 0.1) is 6.21 Å². The van der Waals surface area contributed by atoms with E-state index in [0.29, 0.717) is 21.4 Å². The highest BCUT2D eigenvalue weighted by atomic mass is 35.5. The molecule has 0 saturated carbocycles. The van der Waals surface area contributed by atoms with Crippen LogP contribution >= 0.6 is 23.2 Å². The van der Waals surface area contributed by atoms with E-state index in [1.165, 1.54) is 0 Å². The number of aromatic nitrogens is 1. The van der Waals surface area contributed by atoms with Crippen LogP contribution in [0.1, 0.15) is 21.5 Å². The second-order valence-electron chi connectivity index (χ2n) is 5.49. The predicted octanol–water partition coefficient (Wildman–Crippen LogP) is 4.73. The second-order valence-corrected chi connectivity index (χ2v) is 6.31. The molecule has 1 N–H and O–H groups in total. The molecule has 0 fully saturated rings.